The second-order valence-electron chi connectivity index (χ2n) is 2.58. The van der Waals surface area contributed by atoms with Crippen LogP contribution in [0.2, 0.25) is 0 Å². The zero-order chi connectivity index (χ0) is 8.10. The second-order valence-corrected chi connectivity index (χ2v) is 2.58. The molecule has 1 rings (SSSR count). The minimum absolute atomic E-state index is 0.364. The van der Waals surface area contributed by atoms with Crippen molar-refractivity contribution >= 4 is 6.09 Å². The third kappa shape index (κ3) is 2.76. The average molecular weight is 159 g/mol. The molecule has 11 heavy (non-hydrogen) atoms. The standard InChI is InChI=1S/C7H13NO3/c1-8-7(9)11-5-6-2-3-10-4-6/h6H,2-5H2,1H3,(H,8,9). The highest BCUT2D eigenvalue weighted by atomic mass is 16.6. The highest BCUT2D eigenvalue weighted by molar-refractivity contribution is 5.66. The van der Waals surface area contributed by atoms with E-state index in [0.29, 0.717) is 12.5 Å². The molecule has 1 saturated heterocycles. The van der Waals surface area contributed by atoms with Crippen molar-refractivity contribution in [3.05, 3.63) is 0 Å². The molecule has 1 unspecified atom stereocenters. The first-order chi connectivity index (χ1) is 5.33. The predicted molar refractivity (Wildman–Crippen MR) is 39.3 cm³/mol. The lowest BCUT2D eigenvalue weighted by Crippen LogP contribution is -2.22. The van der Waals surface area contributed by atoms with E-state index in [-0.39, 0.29) is 6.09 Å². The van der Waals surface area contributed by atoms with Gasteiger partial charge < -0.3 is 14.8 Å². The lowest BCUT2D eigenvalue weighted by atomic mass is 10.1. The van der Waals surface area contributed by atoms with Gasteiger partial charge in [0.15, 0.2) is 0 Å². The summed E-state index contributed by atoms with van der Waals surface area (Å²) in [6, 6.07) is 0. The summed E-state index contributed by atoms with van der Waals surface area (Å²) in [6.07, 6.45) is 0.633. The van der Waals surface area contributed by atoms with Crippen molar-refractivity contribution < 1.29 is 14.3 Å². The third-order valence-corrected chi connectivity index (χ3v) is 1.68. The van der Waals surface area contributed by atoms with Gasteiger partial charge in [-0.25, -0.2) is 4.79 Å². The zero-order valence-electron chi connectivity index (χ0n) is 6.63. The molecule has 0 aromatic rings. The van der Waals surface area contributed by atoms with Crippen LogP contribution >= 0.6 is 0 Å². The first-order valence-electron chi connectivity index (χ1n) is 3.75. The van der Waals surface area contributed by atoms with Crippen LogP contribution in [0.15, 0.2) is 0 Å². The van der Waals surface area contributed by atoms with Crippen molar-refractivity contribution in [2.75, 3.05) is 26.9 Å². The Bertz CT molecular complexity index is 132. The molecular formula is C7H13NO3. The number of alkyl carbamates (subject to hydrolysis) is 1. The molecule has 4 heteroatoms. The molecule has 0 aromatic heterocycles. The maximum absolute atomic E-state index is 10.6. The van der Waals surface area contributed by atoms with Crippen LogP contribution in [0.3, 0.4) is 0 Å². The Hall–Kier alpha value is -0.770. The molecule has 1 aliphatic heterocycles. The van der Waals surface area contributed by atoms with E-state index in [4.69, 9.17) is 9.47 Å². The molecule has 64 valence electrons. The third-order valence-electron chi connectivity index (χ3n) is 1.68. The summed E-state index contributed by atoms with van der Waals surface area (Å²) in [5.74, 6) is 0.396. The van der Waals surface area contributed by atoms with Crippen molar-refractivity contribution in [1.29, 1.82) is 0 Å². The van der Waals surface area contributed by atoms with Crippen LogP contribution in [0, 0.1) is 5.92 Å². The maximum Gasteiger partial charge on any atom is 0.406 e. The van der Waals surface area contributed by atoms with Crippen LogP contribution in [0.4, 0.5) is 4.79 Å². The van der Waals surface area contributed by atoms with Crippen molar-refractivity contribution in [3.63, 3.8) is 0 Å². The molecule has 1 atom stereocenters. The average Bonchev–Trinajstić information content (AvgIpc) is 2.52. The number of ether oxygens (including phenoxy) is 2. The Balaban J connectivity index is 2.06. The Morgan fingerprint density at radius 2 is 2.64 bits per heavy atom. The van der Waals surface area contributed by atoms with E-state index in [0.717, 1.165) is 19.6 Å². The van der Waals surface area contributed by atoms with Crippen LogP contribution in [-0.4, -0.2) is 33.0 Å². The van der Waals surface area contributed by atoms with Gasteiger partial charge in [-0.15, -0.1) is 0 Å². The largest absolute Gasteiger partial charge is 0.449 e. The molecule has 0 spiro atoms. The van der Waals surface area contributed by atoms with Gasteiger partial charge in [-0.05, 0) is 6.42 Å². The molecule has 1 aliphatic rings. The number of hydrogen-bond acceptors (Lipinski definition) is 3. The van der Waals surface area contributed by atoms with Crippen LogP contribution < -0.4 is 5.32 Å². The van der Waals surface area contributed by atoms with Gasteiger partial charge in [0, 0.05) is 19.6 Å². The molecule has 0 radical (unpaired) electrons. The van der Waals surface area contributed by atoms with Crippen LogP contribution in [-0.2, 0) is 9.47 Å². The summed E-state index contributed by atoms with van der Waals surface area (Å²) in [4.78, 5) is 10.6. The van der Waals surface area contributed by atoms with Gasteiger partial charge in [0.05, 0.1) is 13.2 Å². The normalized spacial score (nSPS) is 23.2. The van der Waals surface area contributed by atoms with Crippen molar-refractivity contribution in [2.45, 2.75) is 6.42 Å². The summed E-state index contributed by atoms with van der Waals surface area (Å²) < 4.78 is 9.96. The van der Waals surface area contributed by atoms with Gasteiger partial charge in [0.1, 0.15) is 0 Å². The summed E-state index contributed by atoms with van der Waals surface area (Å²) in [5, 5.41) is 2.39. The smallest absolute Gasteiger partial charge is 0.406 e. The van der Waals surface area contributed by atoms with Crippen LogP contribution in [0.1, 0.15) is 6.42 Å². The predicted octanol–water partition coefficient (Wildman–Crippen LogP) is 0.379. The fourth-order valence-corrected chi connectivity index (χ4v) is 0.980. The minimum Gasteiger partial charge on any atom is -0.449 e. The van der Waals surface area contributed by atoms with Gasteiger partial charge in [0.2, 0.25) is 0 Å². The van der Waals surface area contributed by atoms with E-state index in [1.54, 1.807) is 7.05 Å². The number of hydrogen-bond donors (Lipinski definition) is 1. The van der Waals surface area contributed by atoms with E-state index in [2.05, 4.69) is 5.32 Å². The molecule has 4 nitrogen and oxygen atoms in total. The first kappa shape index (κ1) is 8.33. The maximum atomic E-state index is 10.6. The molecule has 0 saturated carbocycles. The van der Waals surface area contributed by atoms with Gasteiger partial charge in [0.25, 0.3) is 0 Å². The Morgan fingerprint density at radius 3 is 3.18 bits per heavy atom. The highest BCUT2D eigenvalue weighted by Gasteiger charge is 2.16. The first-order valence-corrected chi connectivity index (χ1v) is 3.75. The lowest BCUT2D eigenvalue weighted by Gasteiger charge is -2.07. The van der Waals surface area contributed by atoms with Crippen LogP contribution in [0.5, 0.6) is 0 Å². The van der Waals surface area contributed by atoms with Crippen molar-refractivity contribution in [2.24, 2.45) is 5.92 Å². The number of amides is 1. The molecular weight excluding hydrogens is 146 g/mol. The lowest BCUT2D eigenvalue weighted by molar-refractivity contribution is 0.118. The molecule has 0 bridgehead atoms. The van der Waals surface area contributed by atoms with E-state index >= 15 is 0 Å². The molecule has 1 fully saturated rings. The van der Waals surface area contributed by atoms with E-state index in [1.807, 2.05) is 0 Å². The molecule has 0 aromatic carbocycles. The Morgan fingerprint density at radius 1 is 1.82 bits per heavy atom. The second kappa shape index (κ2) is 4.18. The molecule has 0 aliphatic carbocycles. The van der Waals surface area contributed by atoms with Gasteiger partial charge in [-0.2, -0.15) is 0 Å². The topological polar surface area (TPSA) is 47.6 Å². The quantitative estimate of drug-likeness (QED) is 0.633. The minimum atomic E-state index is -0.364. The van der Waals surface area contributed by atoms with Gasteiger partial charge in [-0.1, -0.05) is 0 Å². The summed E-state index contributed by atoms with van der Waals surface area (Å²) in [7, 11) is 1.55. The molecule has 1 amide bonds. The summed E-state index contributed by atoms with van der Waals surface area (Å²) in [5.41, 5.74) is 0. The number of nitrogens with one attached hydrogen (secondary N) is 1. The number of carbonyl (C=O) groups is 1. The van der Waals surface area contributed by atoms with Crippen molar-refractivity contribution in [3.8, 4) is 0 Å². The number of carbonyl (C=O) groups excluding carboxylic acids is 1. The fourth-order valence-electron chi connectivity index (χ4n) is 0.980. The van der Waals surface area contributed by atoms with Gasteiger partial charge in [-0.3, -0.25) is 0 Å². The Kier molecular flexibility index (Phi) is 3.16. The highest BCUT2D eigenvalue weighted by Crippen LogP contribution is 2.11. The number of rotatable bonds is 2. The summed E-state index contributed by atoms with van der Waals surface area (Å²) >= 11 is 0. The van der Waals surface area contributed by atoms with E-state index in [1.165, 1.54) is 0 Å². The van der Waals surface area contributed by atoms with Gasteiger partial charge >= 0.3 is 6.09 Å². The van der Waals surface area contributed by atoms with E-state index in [9.17, 15) is 4.79 Å². The monoisotopic (exact) mass is 159 g/mol. The van der Waals surface area contributed by atoms with Crippen LogP contribution in [0.25, 0.3) is 0 Å². The van der Waals surface area contributed by atoms with E-state index < -0.39 is 0 Å². The molecule has 1 N–H and O–H groups in total. The zero-order valence-corrected chi connectivity index (χ0v) is 6.63. The summed E-state index contributed by atoms with van der Waals surface area (Å²) in [6.45, 7) is 1.98. The van der Waals surface area contributed by atoms with Crippen molar-refractivity contribution in [1.82, 2.24) is 5.32 Å². The Labute approximate surface area is 65.9 Å². The fraction of sp³-hybridized carbons (Fsp3) is 0.857. The molecule has 1 heterocycles. The SMILES string of the molecule is CNC(=O)OCC1CCOC1.